The highest BCUT2D eigenvalue weighted by molar-refractivity contribution is 5.88. The van der Waals surface area contributed by atoms with Crippen molar-refractivity contribution in [2.24, 2.45) is 10.2 Å². The average Bonchev–Trinajstić information content (AvgIpc) is 2.38. The lowest BCUT2D eigenvalue weighted by atomic mass is 10.2. The number of carbonyl (C=O) groups is 1. The molecule has 0 radical (unpaired) electrons. The maximum absolute atomic E-state index is 11.3. The number of rotatable bonds is 3. The lowest BCUT2D eigenvalue weighted by Gasteiger charge is -2.00. The number of hydrogen-bond acceptors (Lipinski definition) is 6. The summed E-state index contributed by atoms with van der Waals surface area (Å²) < 4.78 is 4.44. The normalized spacial score (nSPS) is 11.8. The van der Waals surface area contributed by atoms with Gasteiger partial charge in [-0.05, 0) is 19.1 Å². The van der Waals surface area contributed by atoms with E-state index >= 15 is 0 Å². The average molecular weight is 245 g/mol. The van der Waals surface area contributed by atoms with Gasteiger partial charge in [-0.3, -0.25) is 0 Å². The second kappa shape index (κ2) is 6.15. The van der Waals surface area contributed by atoms with Gasteiger partial charge in [0.2, 0.25) is 5.70 Å². The Morgan fingerprint density at radius 2 is 2.11 bits per heavy atom. The van der Waals surface area contributed by atoms with Gasteiger partial charge in [0.1, 0.15) is 17.5 Å². The standard InChI is InChI=1S/C12H11N3O3/c1-8(16)11(12(17)18-2)15-14-10-6-4-3-5-9(10)7-13/h3-6,16H,1-2H3/b11-8+,15-14?. The van der Waals surface area contributed by atoms with Crippen molar-refractivity contribution in [1.82, 2.24) is 0 Å². The summed E-state index contributed by atoms with van der Waals surface area (Å²) in [5.74, 6) is -1.10. The van der Waals surface area contributed by atoms with E-state index in [1.54, 1.807) is 24.3 Å². The number of nitrogens with zero attached hydrogens (tertiary/aromatic N) is 3. The van der Waals surface area contributed by atoms with Crippen LogP contribution in [0, 0.1) is 11.3 Å². The van der Waals surface area contributed by atoms with Crippen LogP contribution in [0.1, 0.15) is 12.5 Å². The minimum Gasteiger partial charge on any atom is -0.510 e. The molecule has 1 aromatic rings. The number of aliphatic hydroxyl groups excluding tert-OH is 1. The number of nitriles is 1. The molecule has 6 heteroatoms. The fourth-order valence-corrected chi connectivity index (χ4v) is 1.12. The Labute approximate surface area is 104 Å². The van der Waals surface area contributed by atoms with Crippen molar-refractivity contribution >= 4 is 11.7 Å². The minimum atomic E-state index is -0.798. The Balaban J connectivity index is 3.10. The predicted molar refractivity (Wildman–Crippen MR) is 63.0 cm³/mol. The van der Waals surface area contributed by atoms with Crippen molar-refractivity contribution in [2.75, 3.05) is 7.11 Å². The molecule has 0 spiro atoms. The van der Waals surface area contributed by atoms with Gasteiger partial charge in [-0.25, -0.2) is 4.79 Å². The van der Waals surface area contributed by atoms with Crippen molar-refractivity contribution < 1.29 is 14.6 Å². The summed E-state index contributed by atoms with van der Waals surface area (Å²) in [6, 6.07) is 8.46. The smallest absolute Gasteiger partial charge is 0.362 e. The van der Waals surface area contributed by atoms with Gasteiger partial charge in [0.25, 0.3) is 0 Å². The first-order valence-electron chi connectivity index (χ1n) is 4.99. The number of esters is 1. The van der Waals surface area contributed by atoms with Gasteiger partial charge in [0.05, 0.1) is 12.7 Å². The highest BCUT2D eigenvalue weighted by Gasteiger charge is 2.13. The summed E-state index contributed by atoms with van der Waals surface area (Å²) in [6.07, 6.45) is 0. The second-order valence-electron chi connectivity index (χ2n) is 3.25. The molecule has 0 amide bonds. The van der Waals surface area contributed by atoms with Crippen LogP contribution in [0.25, 0.3) is 0 Å². The molecule has 18 heavy (non-hydrogen) atoms. The first-order valence-corrected chi connectivity index (χ1v) is 4.99. The number of ether oxygens (including phenoxy) is 1. The van der Waals surface area contributed by atoms with Gasteiger partial charge >= 0.3 is 5.97 Å². The maximum Gasteiger partial charge on any atom is 0.362 e. The van der Waals surface area contributed by atoms with Crippen molar-refractivity contribution in [1.29, 1.82) is 5.26 Å². The lowest BCUT2D eigenvalue weighted by molar-refractivity contribution is -0.136. The van der Waals surface area contributed by atoms with E-state index in [1.165, 1.54) is 14.0 Å². The van der Waals surface area contributed by atoms with Crippen LogP contribution < -0.4 is 0 Å². The Morgan fingerprint density at radius 3 is 2.67 bits per heavy atom. The Kier molecular flexibility index (Phi) is 4.58. The van der Waals surface area contributed by atoms with E-state index in [4.69, 9.17) is 5.26 Å². The third-order valence-electron chi connectivity index (χ3n) is 2.00. The van der Waals surface area contributed by atoms with E-state index in [2.05, 4.69) is 15.0 Å². The third kappa shape index (κ3) is 3.15. The molecule has 0 saturated heterocycles. The van der Waals surface area contributed by atoms with Crippen LogP contribution in [-0.4, -0.2) is 18.2 Å². The van der Waals surface area contributed by atoms with Gasteiger partial charge in [-0.1, -0.05) is 12.1 Å². The number of aliphatic hydroxyl groups is 1. The molecule has 92 valence electrons. The molecule has 0 atom stereocenters. The van der Waals surface area contributed by atoms with E-state index in [-0.39, 0.29) is 11.5 Å². The third-order valence-corrected chi connectivity index (χ3v) is 2.00. The van der Waals surface area contributed by atoms with Crippen LogP contribution in [0.2, 0.25) is 0 Å². The van der Waals surface area contributed by atoms with Crippen LogP contribution >= 0.6 is 0 Å². The second-order valence-corrected chi connectivity index (χ2v) is 3.25. The molecule has 0 aromatic heterocycles. The SMILES string of the molecule is COC(=O)/C(N=Nc1ccccc1C#N)=C(/C)O. The van der Waals surface area contributed by atoms with E-state index in [9.17, 15) is 9.90 Å². The van der Waals surface area contributed by atoms with Gasteiger partial charge < -0.3 is 9.84 Å². The Bertz CT molecular complexity index is 552. The first kappa shape index (κ1) is 13.4. The number of benzene rings is 1. The van der Waals surface area contributed by atoms with Crippen molar-refractivity contribution in [3.05, 3.63) is 41.3 Å². The number of hydrogen-bond donors (Lipinski definition) is 1. The summed E-state index contributed by atoms with van der Waals surface area (Å²) in [4.78, 5) is 11.3. The maximum atomic E-state index is 11.3. The van der Waals surface area contributed by atoms with Crippen LogP contribution in [0.3, 0.4) is 0 Å². The summed E-state index contributed by atoms with van der Waals surface area (Å²) in [5.41, 5.74) is 0.328. The Morgan fingerprint density at radius 1 is 1.44 bits per heavy atom. The first-order chi connectivity index (χ1) is 8.60. The molecule has 0 heterocycles. The quantitative estimate of drug-likeness (QED) is 0.383. The van der Waals surface area contributed by atoms with Crippen molar-refractivity contribution in [3.8, 4) is 6.07 Å². The molecule has 0 aliphatic rings. The molecular formula is C12H11N3O3. The van der Waals surface area contributed by atoms with Gasteiger partial charge in [-0.2, -0.15) is 5.26 Å². The van der Waals surface area contributed by atoms with E-state index < -0.39 is 5.97 Å². The van der Waals surface area contributed by atoms with Gasteiger partial charge in [0, 0.05) is 0 Å². The highest BCUT2D eigenvalue weighted by atomic mass is 16.5. The molecule has 0 aliphatic carbocycles. The fraction of sp³-hybridized carbons (Fsp3) is 0.167. The molecule has 1 aromatic carbocycles. The highest BCUT2D eigenvalue weighted by Crippen LogP contribution is 2.19. The molecule has 0 unspecified atom stereocenters. The van der Waals surface area contributed by atoms with Crippen LogP contribution in [0.15, 0.2) is 46.0 Å². The molecular weight excluding hydrogens is 234 g/mol. The zero-order valence-electron chi connectivity index (χ0n) is 9.91. The predicted octanol–water partition coefficient (Wildman–Crippen LogP) is 2.60. The zero-order valence-corrected chi connectivity index (χ0v) is 9.91. The monoisotopic (exact) mass is 245 g/mol. The molecule has 0 bridgehead atoms. The number of azo groups is 1. The molecule has 6 nitrogen and oxygen atoms in total. The number of methoxy groups -OCH3 is 1. The molecule has 0 aliphatic heterocycles. The summed E-state index contributed by atoms with van der Waals surface area (Å²) in [6.45, 7) is 1.29. The van der Waals surface area contributed by atoms with E-state index in [1.807, 2.05) is 6.07 Å². The molecule has 1 N–H and O–H groups in total. The van der Waals surface area contributed by atoms with Crippen LogP contribution in [-0.2, 0) is 9.53 Å². The van der Waals surface area contributed by atoms with Crippen LogP contribution in [0.5, 0.6) is 0 Å². The topological polar surface area (TPSA) is 95.0 Å². The fourth-order valence-electron chi connectivity index (χ4n) is 1.12. The van der Waals surface area contributed by atoms with Gasteiger partial charge in [0.15, 0.2) is 0 Å². The lowest BCUT2D eigenvalue weighted by Crippen LogP contribution is -2.04. The summed E-state index contributed by atoms with van der Waals surface area (Å²) >= 11 is 0. The van der Waals surface area contributed by atoms with Crippen molar-refractivity contribution in [2.45, 2.75) is 6.92 Å². The largest absolute Gasteiger partial charge is 0.510 e. The number of allylic oxidation sites excluding steroid dienone is 1. The summed E-state index contributed by atoms with van der Waals surface area (Å²) in [7, 11) is 1.17. The zero-order chi connectivity index (χ0) is 13.5. The van der Waals surface area contributed by atoms with Gasteiger partial charge in [-0.15, -0.1) is 10.2 Å². The van der Waals surface area contributed by atoms with E-state index in [0.717, 1.165) is 0 Å². The van der Waals surface area contributed by atoms with E-state index in [0.29, 0.717) is 11.3 Å². The minimum absolute atomic E-state index is 0.301. The molecule has 0 fully saturated rings. The van der Waals surface area contributed by atoms with Crippen molar-refractivity contribution in [3.63, 3.8) is 0 Å². The summed E-state index contributed by atoms with van der Waals surface area (Å²) in [5, 5.41) is 25.5. The Hall–Kier alpha value is -2.68. The van der Waals surface area contributed by atoms with Crippen LogP contribution in [0.4, 0.5) is 5.69 Å². The molecule has 1 rings (SSSR count). The molecule has 0 saturated carbocycles. The number of carbonyl (C=O) groups excluding carboxylic acids is 1.